The topological polar surface area (TPSA) is 58.6 Å². The number of hydrogen-bond acceptors (Lipinski definition) is 3. The first kappa shape index (κ1) is 13.7. The molecule has 1 amide bonds. The molecule has 4 atom stereocenters. The molecule has 4 heteroatoms. The molecule has 2 rings (SSSR count). The van der Waals surface area contributed by atoms with Gasteiger partial charge in [0.15, 0.2) is 0 Å². The van der Waals surface area contributed by atoms with Gasteiger partial charge in [0.05, 0.1) is 6.10 Å². The predicted octanol–water partition coefficient (Wildman–Crippen LogP) is 2.45. The Balaban J connectivity index is 1.89. The lowest BCUT2D eigenvalue weighted by molar-refractivity contribution is 0.0459. The van der Waals surface area contributed by atoms with E-state index in [0.29, 0.717) is 11.8 Å². The van der Waals surface area contributed by atoms with Crippen LogP contribution in [0.4, 0.5) is 4.79 Å². The Bertz CT molecular complexity index is 320. The number of fused-ring (bicyclic) bond motifs is 1. The van der Waals surface area contributed by atoms with Gasteiger partial charge in [-0.2, -0.15) is 0 Å². The summed E-state index contributed by atoms with van der Waals surface area (Å²) in [5.74, 6) is 1.11. The SMILES string of the molecule is CC(C)(C)OC(=O)N[C@]1(C)C[C@H]2C[C@@H](O)C[C@H]2C1. The Kier molecular flexibility index (Phi) is 3.34. The third kappa shape index (κ3) is 3.16. The molecule has 18 heavy (non-hydrogen) atoms. The van der Waals surface area contributed by atoms with Crippen molar-refractivity contribution in [3.05, 3.63) is 0 Å². The third-order valence-corrected chi connectivity index (χ3v) is 4.04. The van der Waals surface area contributed by atoms with Crippen molar-refractivity contribution >= 4 is 6.09 Å². The van der Waals surface area contributed by atoms with Crippen LogP contribution in [0.2, 0.25) is 0 Å². The van der Waals surface area contributed by atoms with E-state index in [9.17, 15) is 9.90 Å². The van der Waals surface area contributed by atoms with Crippen LogP contribution in [0.1, 0.15) is 53.4 Å². The number of aliphatic hydroxyl groups excluding tert-OH is 1. The van der Waals surface area contributed by atoms with Gasteiger partial charge in [-0.25, -0.2) is 4.79 Å². The van der Waals surface area contributed by atoms with Gasteiger partial charge in [0.25, 0.3) is 0 Å². The molecule has 104 valence electrons. The number of alkyl carbamates (subject to hydrolysis) is 1. The summed E-state index contributed by atoms with van der Waals surface area (Å²) in [4.78, 5) is 11.8. The summed E-state index contributed by atoms with van der Waals surface area (Å²) in [6.45, 7) is 7.69. The van der Waals surface area contributed by atoms with Crippen molar-refractivity contribution < 1.29 is 14.6 Å². The summed E-state index contributed by atoms with van der Waals surface area (Å²) >= 11 is 0. The van der Waals surface area contributed by atoms with E-state index in [2.05, 4.69) is 12.2 Å². The minimum absolute atomic E-state index is 0.133. The second kappa shape index (κ2) is 4.41. The Morgan fingerprint density at radius 3 is 2.22 bits per heavy atom. The zero-order valence-electron chi connectivity index (χ0n) is 11.8. The number of aliphatic hydroxyl groups is 1. The molecule has 0 aromatic heterocycles. The molecule has 0 unspecified atom stereocenters. The van der Waals surface area contributed by atoms with Crippen LogP contribution in [0.25, 0.3) is 0 Å². The highest BCUT2D eigenvalue weighted by molar-refractivity contribution is 5.68. The van der Waals surface area contributed by atoms with Gasteiger partial charge in [0.2, 0.25) is 0 Å². The van der Waals surface area contributed by atoms with E-state index in [4.69, 9.17) is 4.74 Å². The Hall–Kier alpha value is -0.770. The molecular weight excluding hydrogens is 230 g/mol. The Morgan fingerprint density at radius 1 is 1.28 bits per heavy atom. The van der Waals surface area contributed by atoms with Gasteiger partial charge in [-0.1, -0.05) is 0 Å². The smallest absolute Gasteiger partial charge is 0.408 e. The predicted molar refractivity (Wildman–Crippen MR) is 69.2 cm³/mol. The molecule has 2 aliphatic rings. The van der Waals surface area contributed by atoms with Crippen molar-refractivity contribution in [1.82, 2.24) is 5.32 Å². The summed E-state index contributed by atoms with van der Waals surface area (Å²) < 4.78 is 5.31. The molecule has 0 bridgehead atoms. The fourth-order valence-electron chi connectivity index (χ4n) is 3.57. The minimum Gasteiger partial charge on any atom is -0.444 e. The van der Waals surface area contributed by atoms with Gasteiger partial charge in [-0.05, 0) is 65.2 Å². The van der Waals surface area contributed by atoms with E-state index in [1.165, 1.54) is 0 Å². The summed E-state index contributed by atoms with van der Waals surface area (Å²) in [6.07, 6.45) is 3.21. The van der Waals surface area contributed by atoms with E-state index in [-0.39, 0.29) is 17.7 Å². The lowest BCUT2D eigenvalue weighted by Gasteiger charge is -2.29. The maximum Gasteiger partial charge on any atom is 0.408 e. The van der Waals surface area contributed by atoms with Crippen molar-refractivity contribution in [2.45, 2.75) is 70.6 Å². The molecule has 0 radical (unpaired) electrons. The van der Waals surface area contributed by atoms with Gasteiger partial charge in [0.1, 0.15) is 5.60 Å². The molecule has 2 N–H and O–H groups in total. The quantitative estimate of drug-likeness (QED) is 0.756. The van der Waals surface area contributed by atoms with Crippen molar-refractivity contribution in [2.75, 3.05) is 0 Å². The van der Waals surface area contributed by atoms with Crippen LogP contribution in [0.5, 0.6) is 0 Å². The number of carbonyl (C=O) groups is 1. The third-order valence-electron chi connectivity index (χ3n) is 4.04. The van der Waals surface area contributed by atoms with Crippen LogP contribution in [-0.2, 0) is 4.74 Å². The molecule has 0 heterocycles. The molecule has 0 saturated heterocycles. The molecule has 0 aliphatic heterocycles. The zero-order valence-corrected chi connectivity index (χ0v) is 11.8. The lowest BCUT2D eigenvalue weighted by Crippen LogP contribution is -2.46. The van der Waals surface area contributed by atoms with E-state index in [1.807, 2.05) is 20.8 Å². The second-order valence-electron chi connectivity index (χ2n) is 7.24. The Morgan fingerprint density at radius 2 is 1.78 bits per heavy atom. The van der Waals surface area contributed by atoms with Crippen molar-refractivity contribution in [2.24, 2.45) is 11.8 Å². The number of hydrogen-bond donors (Lipinski definition) is 2. The van der Waals surface area contributed by atoms with Gasteiger partial charge in [-0.3, -0.25) is 0 Å². The number of carbonyl (C=O) groups excluding carboxylic acids is 1. The van der Waals surface area contributed by atoms with E-state index < -0.39 is 5.60 Å². The van der Waals surface area contributed by atoms with Crippen LogP contribution in [0, 0.1) is 11.8 Å². The van der Waals surface area contributed by atoms with Crippen LogP contribution >= 0.6 is 0 Å². The van der Waals surface area contributed by atoms with Crippen LogP contribution in [0.3, 0.4) is 0 Å². The molecular formula is C14H25NO3. The first-order valence-electron chi connectivity index (χ1n) is 6.86. The summed E-state index contributed by atoms with van der Waals surface area (Å²) in [5, 5.41) is 12.6. The maximum absolute atomic E-state index is 11.8. The van der Waals surface area contributed by atoms with E-state index in [0.717, 1.165) is 25.7 Å². The zero-order chi connectivity index (χ0) is 13.6. The largest absolute Gasteiger partial charge is 0.444 e. The molecule has 2 aliphatic carbocycles. The average Bonchev–Trinajstić information content (AvgIpc) is 2.52. The van der Waals surface area contributed by atoms with Crippen molar-refractivity contribution in [1.29, 1.82) is 0 Å². The van der Waals surface area contributed by atoms with Crippen LogP contribution in [-0.4, -0.2) is 28.4 Å². The van der Waals surface area contributed by atoms with Gasteiger partial charge in [-0.15, -0.1) is 0 Å². The summed E-state index contributed by atoms with van der Waals surface area (Å²) in [5.41, 5.74) is -0.622. The normalized spacial score (nSPS) is 39.5. The highest BCUT2D eigenvalue weighted by Gasteiger charge is 2.47. The highest BCUT2D eigenvalue weighted by atomic mass is 16.6. The number of ether oxygens (including phenoxy) is 1. The van der Waals surface area contributed by atoms with Crippen LogP contribution < -0.4 is 5.32 Å². The standard InChI is InChI=1S/C14H25NO3/c1-13(2,3)18-12(17)15-14(4)7-9-5-11(16)6-10(9)8-14/h9-11,16H,5-8H2,1-4H3,(H,15,17)/t9-,10+,11-,14-. The first-order chi connectivity index (χ1) is 8.17. The average molecular weight is 255 g/mol. The Labute approximate surface area is 109 Å². The monoisotopic (exact) mass is 255 g/mol. The molecule has 0 aromatic carbocycles. The fourth-order valence-corrected chi connectivity index (χ4v) is 3.57. The van der Waals surface area contributed by atoms with Gasteiger partial charge in [0, 0.05) is 5.54 Å². The molecule has 2 fully saturated rings. The van der Waals surface area contributed by atoms with Gasteiger partial charge >= 0.3 is 6.09 Å². The first-order valence-corrected chi connectivity index (χ1v) is 6.86. The van der Waals surface area contributed by atoms with Gasteiger partial charge < -0.3 is 15.2 Å². The number of nitrogens with one attached hydrogen (secondary N) is 1. The van der Waals surface area contributed by atoms with E-state index in [1.54, 1.807) is 0 Å². The minimum atomic E-state index is -0.453. The maximum atomic E-state index is 11.8. The summed E-state index contributed by atoms with van der Waals surface area (Å²) in [6, 6.07) is 0. The molecule has 4 nitrogen and oxygen atoms in total. The number of rotatable bonds is 1. The molecule has 0 spiro atoms. The fraction of sp³-hybridized carbons (Fsp3) is 0.929. The van der Waals surface area contributed by atoms with Crippen molar-refractivity contribution in [3.8, 4) is 0 Å². The van der Waals surface area contributed by atoms with Crippen molar-refractivity contribution in [3.63, 3.8) is 0 Å². The molecule has 2 saturated carbocycles. The second-order valence-corrected chi connectivity index (χ2v) is 7.24. The van der Waals surface area contributed by atoms with Crippen LogP contribution in [0.15, 0.2) is 0 Å². The molecule has 0 aromatic rings. The summed E-state index contributed by atoms with van der Waals surface area (Å²) in [7, 11) is 0. The lowest BCUT2D eigenvalue weighted by atomic mass is 9.96. The van der Waals surface area contributed by atoms with E-state index >= 15 is 0 Å². The number of amides is 1. The highest BCUT2D eigenvalue weighted by Crippen LogP contribution is 2.48.